The van der Waals surface area contributed by atoms with Crippen LogP contribution in [0.2, 0.25) is 0 Å². The Morgan fingerprint density at radius 2 is 2.17 bits per heavy atom. The molecule has 1 rings (SSSR count). The molecule has 1 aromatic carbocycles. The fraction of sp³-hybridized carbons (Fsp3) is 0.333. The van der Waals surface area contributed by atoms with Crippen LogP contribution in [0.15, 0.2) is 28.7 Å². The van der Waals surface area contributed by atoms with Crippen molar-refractivity contribution < 1.29 is 4.84 Å². The zero-order valence-corrected chi connectivity index (χ0v) is 8.60. The average molecular weight is 230 g/mol. The van der Waals surface area contributed by atoms with Gasteiger partial charge in [-0.25, -0.2) is 5.48 Å². The lowest BCUT2D eigenvalue weighted by atomic mass is 10.2. The molecule has 2 nitrogen and oxygen atoms in total. The number of hydroxylamine groups is 1. The van der Waals surface area contributed by atoms with Crippen molar-refractivity contribution in [2.75, 3.05) is 13.7 Å². The minimum Gasteiger partial charge on any atom is -0.305 e. The van der Waals surface area contributed by atoms with E-state index in [9.17, 15) is 0 Å². The summed E-state index contributed by atoms with van der Waals surface area (Å²) in [5.74, 6) is 0. The van der Waals surface area contributed by atoms with Crippen LogP contribution in [0.5, 0.6) is 0 Å². The first-order valence-electron chi connectivity index (χ1n) is 3.84. The first-order chi connectivity index (χ1) is 5.84. The van der Waals surface area contributed by atoms with E-state index in [-0.39, 0.29) is 0 Å². The zero-order chi connectivity index (χ0) is 8.81. The Hall–Kier alpha value is -0.380. The van der Waals surface area contributed by atoms with E-state index in [0.29, 0.717) is 0 Å². The predicted octanol–water partition coefficient (Wildman–Crippen LogP) is 2.14. The Morgan fingerprint density at radius 3 is 2.83 bits per heavy atom. The lowest BCUT2D eigenvalue weighted by Crippen LogP contribution is -2.15. The smallest absolute Gasteiger partial charge is 0.0572 e. The maximum absolute atomic E-state index is 4.74. The molecule has 0 atom stereocenters. The highest BCUT2D eigenvalue weighted by Crippen LogP contribution is 2.15. The molecule has 0 heterocycles. The molecule has 0 aliphatic rings. The predicted molar refractivity (Wildman–Crippen MR) is 52.9 cm³/mol. The summed E-state index contributed by atoms with van der Waals surface area (Å²) < 4.78 is 1.16. The summed E-state index contributed by atoms with van der Waals surface area (Å²) >= 11 is 3.48. The summed E-state index contributed by atoms with van der Waals surface area (Å²) in [6.45, 7) is 0.832. The Morgan fingerprint density at radius 1 is 1.42 bits per heavy atom. The lowest BCUT2D eigenvalue weighted by molar-refractivity contribution is 0.0928. The zero-order valence-electron chi connectivity index (χ0n) is 7.01. The molecular formula is C9H12BrNO. The van der Waals surface area contributed by atoms with Gasteiger partial charge in [0.1, 0.15) is 0 Å². The Bertz CT molecular complexity index is 240. The van der Waals surface area contributed by atoms with Crippen LogP contribution in [0.4, 0.5) is 0 Å². The molecule has 0 unspecified atom stereocenters. The van der Waals surface area contributed by atoms with Crippen molar-refractivity contribution in [3.05, 3.63) is 34.3 Å². The summed E-state index contributed by atoms with van der Waals surface area (Å²) in [6.07, 6.45) is 0.968. The van der Waals surface area contributed by atoms with Crippen LogP contribution in [-0.2, 0) is 11.3 Å². The van der Waals surface area contributed by atoms with Crippen molar-refractivity contribution in [2.24, 2.45) is 0 Å². The Kier molecular flexibility index (Phi) is 4.29. The van der Waals surface area contributed by atoms with Gasteiger partial charge in [-0.2, -0.15) is 0 Å². The third-order valence-corrected chi connectivity index (χ3v) is 2.37. The molecule has 0 aromatic heterocycles. The molecule has 0 amide bonds. The van der Waals surface area contributed by atoms with Gasteiger partial charge in [0.2, 0.25) is 0 Å². The van der Waals surface area contributed by atoms with E-state index in [4.69, 9.17) is 4.84 Å². The summed E-state index contributed by atoms with van der Waals surface area (Å²) in [5, 5.41) is 0. The molecular weight excluding hydrogens is 218 g/mol. The van der Waals surface area contributed by atoms with Gasteiger partial charge in [-0.1, -0.05) is 34.1 Å². The van der Waals surface area contributed by atoms with Crippen molar-refractivity contribution in [1.29, 1.82) is 0 Å². The maximum atomic E-state index is 4.74. The average Bonchev–Trinajstić information content (AvgIpc) is 2.09. The SMILES string of the molecule is CONCCc1ccccc1Br. The summed E-state index contributed by atoms with van der Waals surface area (Å²) in [7, 11) is 1.63. The topological polar surface area (TPSA) is 21.3 Å². The normalized spacial score (nSPS) is 10.2. The van der Waals surface area contributed by atoms with Crippen LogP contribution in [-0.4, -0.2) is 13.7 Å². The molecule has 0 spiro atoms. The molecule has 1 N–H and O–H groups in total. The van der Waals surface area contributed by atoms with E-state index in [0.717, 1.165) is 17.4 Å². The fourth-order valence-corrected chi connectivity index (χ4v) is 1.47. The van der Waals surface area contributed by atoms with E-state index in [1.54, 1.807) is 7.11 Å². The van der Waals surface area contributed by atoms with Crippen LogP contribution in [0.25, 0.3) is 0 Å². The summed E-state index contributed by atoms with van der Waals surface area (Å²) in [6, 6.07) is 8.19. The molecule has 66 valence electrons. The van der Waals surface area contributed by atoms with Gasteiger partial charge < -0.3 is 4.84 Å². The standard InChI is InChI=1S/C9H12BrNO/c1-12-11-7-6-8-4-2-3-5-9(8)10/h2-5,11H,6-7H2,1H3. The molecule has 0 saturated heterocycles. The Balaban J connectivity index is 2.46. The van der Waals surface area contributed by atoms with Crippen LogP contribution < -0.4 is 5.48 Å². The number of hydrogen-bond donors (Lipinski definition) is 1. The fourth-order valence-electron chi connectivity index (χ4n) is 0.989. The number of rotatable bonds is 4. The van der Waals surface area contributed by atoms with Crippen LogP contribution in [0.3, 0.4) is 0 Å². The molecule has 0 saturated carbocycles. The highest BCUT2D eigenvalue weighted by Gasteiger charge is 1.96. The van der Waals surface area contributed by atoms with E-state index in [2.05, 4.69) is 27.5 Å². The molecule has 0 bridgehead atoms. The summed E-state index contributed by atoms with van der Waals surface area (Å²) in [5.41, 5.74) is 4.10. The van der Waals surface area contributed by atoms with Crippen LogP contribution >= 0.6 is 15.9 Å². The third kappa shape index (κ3) is 2.93. The van der Waals surface area contributed by atoms with Gasteiger partial charge >= 0.3 is 0 Å². The van der Waals surface area contributed by atoms with Gasteiger partial charge in [0.15, 0.2) is 0 Å². The van der Waals surface area contributed by atoms with Gasteiger partial charge in [-0.05, 0) is 18.1 Å². The van der Waals surface area contributed by atoms with E-state index >= 15 is 0 Å². The first kappa shape index (κ1) is 9.71. The largest absolute Gasteiger partial charge is 0.305 e. The molecule has 0 radical (unpaired) electrons. The quantitative estimate of drug-likeness (QED) is 0.632. The van der Waals surface area contributed by atoms with Crippen molar-refractivity contribution in [2.45, 2.75) is 6.42 Å². The Labute approximate surface area is 81.0 Å². The van der Waals surface area contributed by atoms with Gasteiger partial charge in [0.05, 0.1) is 7.11 Å². The van der Waals surface area contributed by atoms with Gasteiger partial charge in [-0.3, -0.25) is 0 Å². The number of benzene rings is 1. The van der Waals surface area contributed by atoms with Crippen molar-refractivity contribution in [3.8, 4) is 0 Å². The molecule has 12 heavy (non-hydrogen) atoms. The van der Waals surface area contributed by atoms with Crippen LogP contribution in [0.1, 0.15) is 5.56 Å². The minimum absolute atomic E-state index is 0.832. The molecule has 0 aliphatic carbocycles. The highest BCUT2D eigenvalue weighted by molar-refractivity contribution is 9.10. The molecule has 0 fully saturated rings. The van der Waals surface area contributed by atoms with E-state index in [1.807, 2.05) is 18.2 Å². The van der Waals surface area contributed by atoms with Gasteiger partial charge in [0, 0.05) is 11.0 Å². The summed E-state index contributed by atoms with van der Waals surface area (Å²) in [4.78, 5) is 4.74. The second kappa shape index (κ2) is 5.30. The van der Waals surface area contributed by atoms with Crippen molar-refractivity contribution in [3.63, 3.8) is 0 Å². The first-order valence-corrected chi connectivity index (χ1v) is 4.63. The van der Waals surface area contributed by atoms with Gasteiger partial charge in [-0.15, -0.1) is 0 Å². The maximum Gasteiger partial charge on any atom is 0.0572 e. The number of halogens is 1. The second-order valence-electron chi connectivity index (χ2n) is 2.44. The number of hydrogen-bond acceptors (Lipinski definition) is 2. The van der Waals surface area contributed by atoms with Gasteiger partial charge in [0.25, 0.3) is 0 Å². The third-order valence-electron chi connectivity index (χ3n) is 1.60. The molecule has 0 aliphatic heterocycles. The second-order valence-corrected chi connectivity index (χ2v) is 3.29. The van der Waals surface area contributed by atoms with E-state index < -0.39 is 0 Å². The van der Waals surface area contributed by atoms with E-state index in [1.165, 1.54) is 5.56 Å². The van der Waals surface area contributed by atoms with Crippen LogP contribution in [0, 0.1) is 0 Å². The molecule has 1 aromatic rings. The molecule has 3 heteroatoms. The van der Waals surface area contributed by atoms with Crippen molar-refractivity contribution in [1.82, 2.24) is 5.48 Å². The monoisotopic (exact) mass is 229 g/mol. The number of nitrogens with one attached hydrogen (secondary N) is 1. The minimum atomic E-state index is 0.832. The highest BCUT2D eigenvalue weighted by atomic mass is 79.9. The van der Waals surface area contributed by atoms with Crippen molar-refractivity contribution >= 4 is 15.9 Å². The lowest BCUT2D eigenvalue weighted by Gasteiger charge is -2.03.